The van der Waals surface area contributed by atoms with Crippen molar-refractivity contribution in [3.05, 3.63) is 99.8 Å². The van der Waals surface area contributed by atoms with Crippen LogP contribution in [0.3, 0.4) is 0 Å². The van der Waals surface area contributed by atoms with Crippen LogP contribution in [0.15, 0.2) is 76.3 Å². The number of carbonyl (C=O) groups excluding carboxylic acids is 1. The lowest BCUT2D eigenvalue weighted by Crippen LogP contribution is -2.29. The highest BCUT2D eigenvalue weighted by molar-refractivity contribution is 7.22. The number of thiophene rings is 1. The van der Waals surface area contributed by atoms with E-state index in [2.05, 4.69) is 10.1 Å². The molecule has 37 heavy (non-hydrogen) atoms. The molecule has 0 fully saturated rings. The summed E-state index contributed by atoms with van der Waals surface area (Å²) in [4.78, 5) is 31.2. The van der Waals surface area contributed by atoms with Crippen LogP contribution in [0.25, 0.3) is 20.9 Å². The molecule has 0 aliphatic heterocycles. The highest BCUT2D eigenvalue weighted by Crippen LogP contribution is 2.37. The number of oxazole rings is 1. The van der Waals surface area contributed by atoms with E-state index in [-0.39, 0.29) is 18.7 Å². The quantitative estimate of drug-likeness (QED) is 0.256. The van der Waals surface area contributed by atoms with E-state index in [4.69, 9.17) is 13.9 Å². The van der Waals surface area contributed by atoms with Crippen LogP contribution in [-0.2, 0) is 35.5 Å². The summed E-state index contributed by atoms with van der Waals surface area (Å²) in [5.74, 6) is 0.705. The van der Waals surface area contributed by atoms with Crippen molar-refractivity contribution in [3.63, 3.8) is 0 Å². The third kappa shape index (κ3) is 5.17. The van der Waals surface area contributed by atoms with Gasteiger partial charge in [-0.2, -0.15) is 5.10 Å². The maximum absolute atomic E-state index is 13.5. The van der Waals surface area contributed by atoms with E-state index in [9.17, 15) is 9.59 Å². The number of fused-ring (bicyclic) bond motifs is 1. The zero-order chi connectivity index (χ0) is 25.8. The number of methoxy groups -OCH3 is 1. The number of carbonyl (C=O) groups is 1. The Morgan fingerprint density at radius 2 is 1.86 bits per heavy atom. The lowest BCUT2D eigenvalue weighted by Gasteiger charge is -2.11. The average Bonchev–Trinajstić information content (AvgIpc) is 3.57. The first-order chi connectivity index (χ1) is 18.0. The van der Waals surface area contributed by atoms with E-state index in [1.807, 2.05) is 61.5 Å². The second kappa shape index (κ2) is 10.8. The molecule has 0 spiro atoms. The molecule has 0 radical (unpaired) electrons. The van der Waals surface area contributed by atoms with Crippen LogP contribution < -0.4 is 10.3 Å². The molecule has 3 heterocycles. The van der Waals surface area contributed by atoms with Crippen LogP contribution in [0.5, 0.6) is 5.75 Å². The second-order valence-electron chi connectivity index (χ2n) is 8.47. The van der Waals surface area contributed by atoms with Gasteiger partial charge in [-0.3, -0.25) is 9.59 Å². The van der Waals surface area contributed by atoms with Gasteiger partial charge in [0.1, 0.15) is 25.2 Å². The van der Waals surface area contributed by atoms with Crippen molar-refractivity contribution in [1.82, 2.24) is 14.8 Å². The van der Waals surface area contributed by atoms with Crippen LogP contribution in [0.4, 0.5) is 0 Å². The Labute approximate surface area is 217 Å². The maximum atomic E-state index is 13.5. The van der Waals surface area contributed by atoms with Gasteiger partial charge in [0, 0.05) is 0 Å². The molecule has 2 aromatic carbocycles. The minimum atomic E-state index is -0.533. The monoisotopic (exact) mass is 515 g/mol. The Balaban J connectivity index is 1.50. The summed E-state index contributed by atoms with van der Waals surface area (Å²) in [6, 6.07) is 17.2. The first-order valence-corrected chi connectivity index (χ1v) is 12.6. The SMILES string of the molecule is COc1ccccc1CCc1nn(CC(=O)OCc2ccccc2)c(=O)c2c(C)c(-c3ncco3)sc12. The first kappa shape index (κ1) is 24.5. The number of aromatic nitrogens is 3. The predicted octanol–water partition coefficient (Wildman–Crippen LogP) is 4.96. The highest BCUT2D eigenvalue weighted by atomic mass is 32.1. The molecule has 0 bridgehead atoms. The van der Waals surface area contributed by atoms with Crippen LogP contribution in [-0.4, -0.2) is 27.8 Å². The fourth-order valence-electron chi connectivity index (χ4n) is 4.22. The molecule has 5 rings (SSSR count). The first-order valence-electron chi connectivity index (χ1n) is 11.8. The molecule has 0 aliphatic carbocycles. The van der Waals surface area contributed by atoms with Gasteiger partial charge in [0.15, 0.2) is 0 Å². The van der Waals surface area contributed by atoms with Crippen molar-refractivity contribution in [2.75, 3.05) is 7.11 Å². The van der Waals surface area contributed by atoms with Crippen molar-refractivity contribution in [2.24, 2.45) is 0 Å². The normalized spacial score (nSPS) is 11.1. The Morgan fingerprint density at radius 3 is 2.62 bits per heavy atom. The van der Waals surface area contributed by atoms with Crippen molar-refractivity contribution in [3.8, 4) is 16.5 Å². The molecular weight excluding hydrogens is 490 g/mol. The van der Waals surface area contributed by atoms with Gasteiger partial charge < -0.3 is 13.9 Å². The minimum absolute atomic E-state index is 0.128. The molecule has 188 valence electrons. The molecule has 0 atom stereocenters. The summed E-state index contributed by atoms with van der Waals surface area (Å²) in [7, 11) is 1.64. The molecule has 0 amide bonds. The van der Waals surface area contributed by atoms with E-state index in [1.165, 1.54) is 22.3 Å². The standard InChI is InChI=1S/C28H25N3O5S/c1-18-24-26(37-25(18)27-29-14-15-35-27)21(13-12-20-10-6-7-11-22(20)34-2)30-31(28(24)33)16-23(32)36-17-19-8-4-3-5-9-19/h3-11,14-15H,12-13,16-17H2,1-2H3. The summed E-state index contributed by atoms with van der Waals surface area (Å²) in [5.41, 5.74) is 3.01. The Morgan fingerprint density at radius 1 is 1.08 bits per heavy atom. The molecular formula is C28H25N3O5S. The molecule has 3 aromatic heterocycles. The topological polar surface area (TPSA) is 96.5 Å². The molecule has 0 N–H and O–H groups in total. The van der Waals surface area contributed by atoms with Crippen LogP contribution in [0.2, 0.25) is 0 Å². The van der Waals surface area contributed by atoms with Gasteiger partial charge in [-0.15, -0.1) is 11.3 Å². The molecule has 8 nitrogen and oxygen atoms in total. The van der Waals surface area contributed by atoms with Gasteiger partial charge in [0.05, 0.1) is 34.0 Å². The zero-order valence-corrected chi connectivity index (χ0v) is 21.3. The van der Waals surface area contributed by atoms with Crippen molar-refractivity contribution >= 4 is 27.4 Å². The molecule has 0 saturated heterocycles. The third-order valence-electron chi connectivity index (χ3n) is 6.07. The Hall–Kier alpha value is -4.24. The van der Waals surface area contributed by atoms with Crippen molar-refractivity contribution < 1.29 is 18.7 Å². The summed E-state index contributed by atoms with van der Waals surface area (Å²) < 4.78 is 18.4. The summed E-state index contributed by atoms with van der Waals surface area (Å²) in [6.07, 6.45) is 4.26. The Kier molecular flexibility index (Phi) is 7.14. The Bertz CT molecular complexity index is 1590. The minimum Gasteiger partial charge on any atom is -0.496 e. The van der Waals surface area contributed by atoms with Crippen molar-refractivity contribution in [2.45, 2.75) is 32.9 Å². The smallest absolute Gasteiger partial charge is 0.328 e. The summed E-state index contributed by atoms with van der Waals surface area (Å²) >= 11 is 1.42. The largest absolute Gasteiger partial charge is 0.496 e. The third-order valence-corrected chi connectivity index (χ3v) is 7.40. The number of hydrogen-bond acceptors (Lipinski definition) is 8. The number of para-hydroxylation sites is 1. The number of aryl methyl sites for hydroxylation is 3. The van der Waals surface area contributed by atoms with Crippen LogP contribution in [0.1, 0.15) is 22.4 Å². The molecule has 0 aliphatic rings. The summed E-state index contributed by atoms with van der Waals surface area (Å²) in [5, 5.41) is 5.14. The van der Waals surface area contributed by atoms with E-state index in [0.29, 0.717) is 29.8 Å². The average molecular weight is 516 g/mol. The zero-order valence-electron chi connectivity index (χ0n) is 20.5. The van der Waals surface area contributed by atoms with E-state index < -0.39 is 5.97 Å². The molecule has 0 saturated carbocycles. The predicted molar refractivity (Wildman–Crippen MR) is 141 cm³/mol. The molecule has 9 heteroatoms. The maximum Gasteiger partial charge on any atom is 0.328 e. The number of rotatable bonds is 9. The van der Waals surface area contributed by atoms with Gasteiger partial charge in [-0.05, 0) is 42.5 Å². The van der Waals surface area contributed by atoms with Gasteiger partial charge in [0.25, 0.3) is 5.56 Å². The molecule has 0 unspecified atom stereocenters. The number of hydrogen-bond donors (Lipinski definition) is 0. The fraction of sp³-hybridized carbons (Fsp3) is 0.214. The number of ether oxygens (including phenoxy) is 2. The van der Waals surface area contributed by atoms with Crippen LogP contribution >= 0.6 is 11.3 Å². The fourth-order valence-corrected chi connectivity index (χ4v) is 5.47. The second-order valence-corrected chi connectivity index (χ2v) is 9.49. The summed E-state index contributed by atoms with van der Waals surface area (Å²) in [6.45, 7) is 1.71. The van der Waals surface area contributed by atoms with Gasteiger partial charge in [0.2, 0.25) is 5.89 Å². The van der Waals surface area contributed by atoms with Crippen molar-refractivity contribution in [1.29, 1.82) is 0 Å². The van der Waals surface area contributed by atoms with Gasteiger partial charge >= 0.3 is 5.97 Å². The number of esters is 1. The van der Waals surface area contributed by atoms with Gasteiger partial charge in [-0.25, -0.2) is 9.67 Å². The molecule has 5 aromatic rings. The lowest BCUT2D eigenvalue weighted by atomic mass is 10.1. The van der Waals surface area contributed by atoms with E-state index in [0.717, 1.165) is 32.0 Å². The van der Waals surface area contributed by atoms with E-state index in [1.54, 1.807) is 13.3 Å². The number of benzene rings is 2. The lowest BCUT2D eigenvalue weighted by molar-refractivity contribution is -0.146. The number of nitrogens with zero attached hydrogens (tertiary/aromatic N) is 3. The van der Waals surface area contributed by atoms with Gasteiger partial charge in [-0.1, -0.05) is 48.5 Å². The highest BCUT2D eigenvalue weighted by Gasteiger charge is 2.22. The van der Waals surface area contributed by atoms with E-state index >= 15 is 0 Å². The van der Waals surface area contributed by atoms with Crippen LogP contribution in [0, 0.1) is 6.92 Å².